The standard InChI is InChI=1S/C69H77FN4O9Si/c1-45(2)37-73(41-55(75)79-42-48-29-19-12-20-30-48)40-53-59(70)52-35-51-36-54-61(72(6)7)64-58(67(71-82-64)81-44-50-33-23-14-24-34-50)66(78)69(54,83-84(8,9)68(3,4)5)65(77)56(51)62(76)57(52)63(80-43-49-31-21-13-22-32-49)60(53)74(38-46-25-15-10-16-26-46)39-47-27-17-11-18-28-47/h10-34,45,51,54,61,77H,35-44H2,1-9H3/t51-,54-,61-,69?/m0/s1. The van der Waals surface area contributed by atoms with E-state index >= 15 is 14.0 Å². The van der Waals surface area contributed by atoms with Crippen molar-refractivity contribution in [2.24, 2.45) is 17.8 Å². The van der Waals surface area contributed by atoms with E-state index in [1.807, 2.05) is 207 Å². The van der Waals surface area contributed by atoms with Crippen LogP contribution in [0.2, 0.25) is 18.1 Å². The Bertz CT molecular complexity index is 3460. The minimum atomic E-state index is -3.10. The van der Waals surface area contributed by atoms with Crippen LogP contribution in [0.3, 0.4) is 0 Å². The summed E-state index contributed by atoms with van der Waals surface area (Å²) in [5.41, 5.74) is 2.81. The van der Waals surface area contributed by atoms with Gasteiger partial charge in [-0.25, -0.2) is 4.39 Å². The highest BCUT2D eigenvalue weighted by molar-refractivity contribution is 6.74. The predicted molar refractivity (Wildman–Crippen MR) is 325 cm³/mol. The average molecular weight is 1150 g/mol. The molecular formula is C69H77FN4O9Si. The van der Waals surface area contributed by atoms with Crippen LogP contribution in [0.15, 0.2) is 168 Å². The molecule has 84 heavy (non-hydrogen) atoms. The molecular weight excluding hydrogens is 1080 g/mol. The summed E-state index contributed by atoms with van der Waals surface area (Å²) in [5.74, 6) is -4.18. The van der Waals surface area contributed by atoms with Gasteiger partial charge in [0.25, 0.3) is 5.88 Å². The third-order valence-corrected chi connectivity index (χ3v) is 21.5. The second-order valence-corrected chi connectivity index (χ2v) is 29.5. The van der Waals surface area contributed by atoms with E-state index in [2.05, 4.69) is 25.9 Å². The Hall–Kier alpha value is -7.69. The molecule has 0 radical (unpaired) electrons. The van der Waals surface area contributed by atoms with Crippen molar-refractivity contribution in [3.63, 3.8) is 0 Å². The Kier molecular flexibility index (Phi) is 17.6. The number of aliphatic hydroxyl groups is 1. The molecule has 4 atom stereocenters. The Morgan fingerprint density at radius 1 is 0.750 bits per heavy atom. The quantitative estimate of drug-likeness (QED) is 0.0508. The van der Waals surface area contributed by atoms with Gasteiger partial charge in [-0.05, 0) is 89.9 Å². The molecule has 3 aliphatic carbocycles. The summed E-state index contributed by atoms with van der Waals surface area (Å²) in [7, 11) is 0.635. The summed E-state index contributed by atoms with van der Waals surface area (Å²) >= 11 is 0. The van der Waals surface area contributed by atoms with Crippen LogP contribution in [0.1, 0.15) is 113 Å². The number of benzene rings is 6. The Morgan fingerprint density at radius 2 is 1.26 bits per heavy atom. The summed E-state index contributed by atoms with van der Waals surface area (Å²) in [5, 5.41) is 17.6. The van der Waals surface area contributed by atoms with Gasteiger partial charge in [0.15, 0.2) is 31.2 Å². The van der Waals surface area contributed by atoms with Crippen molar-refractivity contribution in [2.45, 2.75) is 117 Å². The topological polar surface area (TPSA) is 144 Å². The summed E-state index contributed by atoms with van der Waals surface area (Å²) < 4.78 is 52.3. The lowest BCUT2D eigenvalue weighted by atomic mass is 9.58. The Labute approximate surface area is 494 Å². The van der Waals surface area contributed by atoms with Gasteiger partial charge in [-0.3, -0.25) is 24.2 Å². The number of allylic oxidation sites excluding steroid dienone is 1. The molecule has 1 heterocycles. The molecule has 438 valence electrons. The third-order valence-electron chi connectivity index (χ3n) is 17.0. The molecule has 0 fully saturated rings. The molecule has 3 aliphatic rings. The van der Waals surface area contributed by atoms with Gasteiger partial charge < -0.3 is 33.2 Å². The van der Waals surface area contributed by atoms with Gasteiger partial charge in [-0.2, -0.15) is 0 Å². The van der Waals surface area contributed by atoms with Crippen molar-refractivity contribution in [3.05, 3.63) is 225 Å². The maximum absolute atomic E-state index is 19.3. The van der Waals surface area contributed by atoms with Crippen molar-refractivity contribution in [1.29, 1.82) is 0 Å². The summed E-state index contributed by atoms with van der Waals surface area (Å²) in [6, 6.07) is 47.5. The number of esters is 1. The lowest BCUT2D eigenvalue weighted by molar-refractivity contribution is -0.146. The number of ether oxygens (including phenoxy) is 3. The molecule has 0 saturated heterocycles. The zero-order valence-corrected chi connectivity index (χ0v) is 50.7. The van der Waals surface area contributed by atoms with E-state index in [1.165, 1.54) is 0 Å². The lowest BCUT2D eigenvalue weighted by Crippen LogP contribution is -2.65. The van der Waals surface area contributed by atoms with Crippen LogP contribution in [0.4, 0.5) is 10.1 Å². The summed E-state index contributed by atoms with van der Waals surface area (Å²) in [6.45, 7) is 15.2. The van der Waals surface area contributed by atoms with Crippen LogP contribution in [-0.2, 0) is 59.8 Å². The number of carbonyl (C=O) groups excluding carboxylic acids is 3. The zero-order valence-electron chi connectivity index (χ0n) is 49.7. The molecule has 0 aliphatic heterocycles. The van der Waals surface area contributed by atoms with Gasteiger partial charge in [0, 0.05) is 48.8 Å². The van der Waals surface area contributed by atoms with E-state index in [-0.39, 0.29) is 110 Å². The number of fused-ring (bicyclic) bond motifs is 4. The monoisotopic (exact) mass is 1150 g/mol. The molecule has 6 aromatic carbocycles. The maximum Gasteiger partial charge on any atom is 0.320 e. The van der Waals surface area contributed by atoms with Crippen LogP contribution < -0.4 is 14.4 Å². The number of hydrogen-bond acceptors (Lipinski definition) is 13. The number of Topliss-reactive ketones (excluding diaryl/α,β-unsaturated/α-hetero) is 2. The van der Waals surface area contributed by atoms with Gasteiger partial charge in [-0.15, -0.1) is 0 Å². The fourth-order valence-electron chi connectivity index (χ4n) is 12.1. The third kappa shape index (κ3) is 12.1. The molecule has 1 aromatic heterocycles. The summed E-state index contributed by atoms with van der Waals surface area (Å²) in [6.07, 6.45) is 0.0728. The number of ketones is 2. The SMILES string of the molecule is CC(C)CN(CC(=O)OCc1ccccc1)Cc1c(F)c2c(c(OCc3ccccc3)c1N(Cc1ccccc1)Cc1ccccc1)C(=O)C1=C(O)C3(O[Si](C)(C)C(C)(C)C)C(=O)c4c(OCc5ccccc5)noc4[C@@H](N(C)C)[C@@H]3C[C@@H]1C2. The molecule has 13 nitrogen and oxygen atoms in total. The van der Waals surface area contributed by atoms with E-state index in [9.17, 15) is 9.90 Å². The summed E-state index contributed by atoms with van der Waals surface area (Å²) in [4.78, 5) is 52.7. The van der Waals surface area contributed by atoms with Crippen molar-refractivity contribution in [1.82, 2.24) is 15.0 Å². The van der Waals surface area contributed by atoms with E-state index in [1.54, 1.807) is 0 Å². The number of nitrogens with zero attached hydrogens (tertiary/aromatic N) is 4. The number of halogens is 1. The van der Waals surface area contributed by atoms with E-state index in [4.69, 9.17) is 23.2 Å². The van der Waals surface area contributed by atoms with Crippen molar-refractivity contribution in [2.75, 3.05) is 32.1 Å². The zero-order chi connectivity index (χ0) is 59.5. The molecule has 0 saturated carbocycles. The Balaban J connectivity index is 1.20. The van der Waals surface area contributed by atoms with E-state index in [0.717, 1.165) is 27.8 Å². The van der Waals surface area contributed by atoms with Crippen LogP contribution in [0, 0.1) is 23.6 Å². The van der Waals surface area contributed by atoms with Gasteiger partial charge >= 0.3 is 5.97 Å². The van der Waals surface area contributed by atoms with E-state index < -0.39 is 65.9 Å². The smallest absolute Gasteiger partial charge is 0.320 e. The van der Waals surface area contributed by atoms with Gasteiger partial charge in [0.1, 0.15) is 37.0 Å². The first-order valence-electron chi connectivity index (χ1n) is 29.1. The first kappa shape index (κ1) is 59.5. The van der Waals surface area contributed by atoms with Crippen LogP contribution in [0.25, 0.3) is 0 Å². The number of aliphatic hydroxyl groups excluding tert-OH is 1. The van der Waals surface area contributed by atoms with Crippen molar-refractivity contribution < 1.29 is 47.0 Å². The first-order chi connectivity index (χ1) is 40.2. The number of rotatable bonds is 22. The van der Waals surface area contributed by atoms with E-state index in [0.29, 0.717) is 12.2 Å². The molecule has 10 rings (SSSR count). The number of carbonyl (C=O) groups is 3. The number of hydrogen-bond donors (Lipinski definition) is 1. The highest BCUT2D eigenvalue weighted by Crippen LogP contribution is 2.60. The average Bonchev–Trinajstić information content (AvgIpc) is 1.02. The first-order valence-corrected chi connectivity index (χ1v) is 32.0. The van der Waals surface area contributed by atoms with Gasteiger partial charge in [0.2, 0.25) is 5.78 Å². The number of anilines is 1. The normalized spacial score (nSPS) is 18.6. The fourth-order valence-corrected chi connectivity index (χ4v) is 13.6. The minimum Gasteiger partial charge on any atom is -0.508 e. The minimum absolute atomic E-state index is 0.00928. The molecule has 1 unspecified atom stereocenters. The largest absolute Gasteiger partial charge is 0.508 e. The molecule has 1 N–H and O–H groups in total. The van der Waals surface area contributed by atoms with Crippen LogP contribution in [0.5, 0.6) is 11.6 Å². The highest BCUT2D eigenvalue weighted by Gasteiger charge is 2.67. The molecule has 0 spiro atoms. The van der Waals surface area contributed by atoms with Crippen molar-refractivity contribution >= 4 is 31.5 Å². The fraction of sp³-hybridized carbons (Fsp3) is 0.362. The molecule has 0 amide bonds. The molecule has 0 bridgehead atoms. The predicted octanol–water partition coefficient (Wildman–Crippen LogP) is 13.8. The second kappa shape index (κ2) is 24.9. The van der Waals surface area contributed by atoms with Gasteiger partial charge in [-0.1, -0.05) is 186 Å². The molecule has 15 heteroatoms. The Morgan fingerprint density at radius 3 is 1.77 bits per heavy atom. The maximum atomic E-state index is 19.3. The highest BCUT2D eigenvalue weighted by atomic mass is 28.4. The molecule has 7 aromatic rings. The lowest BCUT2D eigenvalue weighted by Gasteiger charge is -2.55. The number of aromatic nitrogens is 1. The van der Waals surface area contributed by atoms with Crippen LogP contribution >= 0.6 is 0 Å². The van der Waals surface area contributed by atoms with Gasteiger partial charge in [0.05, 0.1) is 23.8 Å². The second-order valence-electron chi connectivity index (χ2n) is 24.8. The van der Waals surface area contributed by atoms with Crippen molar-refractivity contribution in [3.8, 4) is 11.6 Å². The van der Waals surface area contributed by atoms with Crippen LogP contribution in [-0.4, -0.2) is 78.7 Å².